The van der Waals surface area contributed by atoms with Gasteiger partial charge in [0, 0.05) is 6.92 Å². The summed E-state index contributed by atoms with van der Waals surface area (Å²) in [4.78, 5) is 44.0. The Labute approximate surface area is 252 Å². The van der Waals surface area contributed by atoms with E-state index in [0.29, 0.717) is 44.4 Å². The van der Waals surface area contributed by atoms with Gasteiger partial charge in [0.2, 0.25) is 0 Å². The second kappa shape index (κ2) is 12.9. The molecule has 220 valence electrons. The maximum absolute atomic E-state index is 14.0. The Bertz CT molecular complexity index is 1890. The van der Waals surface area contributed by atoms with Gasteiger partial charge >= 0.3 is 11.9 Å². The summed E-state index contributed by atoms with van der Waals surface area (Å²) in [6, 6.07) is 21.0. The van der Waals surface area contributed by atoms with Crippen LogP contribution in [0.25, 0.3) is 6.08 Å². The highest BCUT2D eigenvalue weighted by Gasteiger charge is 2.34. The summed E-state index contributed by atoms with van der Waals surface area (Å²) in [5, 5.41) is 0. The van der Waals surface area contributed by atoms with E-state index in [1.165, 1.54) is 22.8 Å². The Balaban J connectivity index is 1.63. The smallest absolute Gasteiger partial charge is 0.338 e. The highest BCUT2D eigenvalue weighted by Crippen LogP contribution is 2.36. The van der Waals surface area contributed by atoms with E-state index in [1.54, 1.807) is 45.0 Å². The summed E-state index contributed by atoms with van der Waals surface area (Å²) in [6.07, 6.45) is 1.78. The molecule has 0 bridgehead atoms. The number of nitrogens with zero attached hydrogens (tertiary/aromatic N) is 2. The van der Waals surface area contributed by atoms with E-state index in [0.717, 1.165) is 5.56 Å². The van der Waals surface area contributed by atoms with Gasteiger partial charge in [-0.3, -0.25) is 14.2 Å². The van der Waals surface area contributed by atoms with Crippen molar-refractivity contribution >= 4 is 29.4 Å². The molecule has 9 nitrogen and oxygen atoms in total. The Morgan fingerprint density at radius 2 is 1.72 bits per heavy atom. The van der Waals surface area contributed by atoms with Crippen LogP contribution in [0.1, 0.15) is 44.9 Å². The molecule has 0 spiro atoms. The molecule has 1 aliphatic rings. The van der Waals surface area contributed by atoms with Crippen LogP contribution >= 0.6 is 11.3 Å². The Morgan fingerprint density at radius 3 is 2.44 bits per heavy atom. The lowest BCUT2D eigenvalue weighted by molar-refractivity contribution is -0.139. The number of fused-ring (bicyclic) bond motifs is 1. The molecular formula is C33H30N2O7S. The van der Waals surface area contributed by atoms with Crippen molar-refractivity contribution < 1.29 is 28.5 Å². The van der Waals surface area contributed by atoms with Crippen LogP contribution in [0.2, 0.25) is 0 Å². The molecule has 0 saturated heterocycles. The Hall–Kier alpha value is -4.96. The molecular weight excluding hydrogens is 568 g/mol. The van der Waals surface area contributed by atoms with Crippen LogP contribution in [0.4, 0.5) is 0 Å². The zero-order valence-electron chi connectivity index (χ0n) is 24.2. The summed E-state index contributed by atoms with van der Waals surface area (Å²) in [5.74, 6) is 0.806. The quantitative estimate of drug-likeness (QED) is 0.199. The van der Waals surface area contributed by atoms with Gasteiger partial charge in [-0.1, -0.05) is 47.7 Å². The van der Waals surface area contributed by atoms with Crippen molar-refractivity contribution in [3.05, 3.63) is 115 Å². The third-order valence-electron chi connectivity index (χ3n) is 6.49. The molecule has 10 heteroatoms. The molecule has 0 unspecified atom stereocenters. The maximum atomic E-state index is 14.0. The monoisotopic (exact) mass is 598 g/mol. The molecule has 2 heterocycles. The first-order valence-corrected chi connectivity index (χ1v) is 14.6. The molecule has 5 rings (SSSR count). The van der Waals surface area contributed by atoms with Gasteiger partial charge in [0.15, 0.2) is 16.3 Å². The lowest BCUT2D eigenvalue weighted by Crippen LogP contribution is -2.40. The molecule has 1 aliphatic heterocycles. The van der Waals surface area contributed by atoms with Crippen LogP contribution in [-0.4, -0.2) is 29.7 Å². The van der Waals surface area contributed by atoms with Crippen molar-refractivity contribution in [2.24, 2.45) is 4.99 Å². The number of benzene rings is 3. The van der Waals surface area contributed by atoms with Crippen molar-refractivity contribution in [2.45, 2.75) is 33.7 Å². The standard InChI is InChI=1S/C33H30N2O7S/c1-5-39-27-19-23(15-16-26(27)41-21(4)36)30-29(32(38)40-6-2)20(3)34-33-35(30)31(37)28(43-33)18-22-11-10-14-25(17-22)42-24-12-8-7-9-13-24/h7-19,30H,5-6H2,1-4H3/b28-18+/t30-/m0/s1. The summed E-state index contributed by atoms with van der Waals surface area (Å²) < 4.78 is 24.4. The minimum Gasteiger partial charge on any atom is -0.490 e. The highest BCUT2D eigenvalue weighted by molar-refractivity contribution is 7.07. The van der Waals surface area contributed by atoms with E-state index < -0.39 is 18.0 Å². The Kier molecular flexibility index (Phi) is 8.87. The highest BCUT2D eigenvalue weighted by atomic mass is 32.1. The number of carbonyl (C=O) groups excluding carboxylic acids is 2. The summed E-state index contributed by atoms with van der Waals surface area (Å²) in [6.45, 7) is 7.01. The topological polar surface area (TPSA) is 105 Å². The minimum atomic E-state index is -0.851. The number of rotatable bonds is 9. The molecule has 0 radical (unpaired) electrons. The van der Waals surface area contributed by atoms with Gasteiger partial charge in [-0.25, -0.2) is 9.79 Å². The first kappa shape index (κ1) is 29.5. The number of para-hydroxylation sites is 1. The van der Waals surface area contributed by atoms with E-state index in [2.05, 4.69) is 4.99 Å². The van der Waals surface area contributed by atoms with E-state index in [1.807, 2.05) is 54.6 Å². The average molecular weight is 599 g/mol. The second-order valence-electron chi connectivity index (χ2n) is 9.52. The third-order valence-corrected chi connectivity index (χ3v) is 7.47. The van der Waals surface area contributed by atoms with Gasteiger partial charge in [0.25, 0.3) is 5.56 Å². The Morgan fingerprint density at radius 1 is 0.953 bits per heavy atom. The second-order valence-corrected chi connectivity index (χ2v) is 10.5. The molecule has 1 aromatic heterocycles. The molecule has 1 atom stereocenters. The fourth-order valence-corrected chi connectivity index (χ4v) is 5.80. The van der Waals surface area contributed by atoms with Crippen molar-refractivity contribution in [1.29, 1.82) is 0 Å². The SMILES string of the molecule is CCOC(=O)C1=C(C)N=c2s/c(=C/c3cccc(Oc4ccccc4)c3)c(=O)n2[C@H]1c1ccc(OC(C)=O)c(OCC)c1. The van der Waals surface area contributed by atoms with Gasteiger partial charge in [-0.2, -0.15) is 0 Å². The van der Waals surface area contributed by atoms with Crippen LogP contribution in [0.5, 0.6) is 23.0 Å². The number of hydrogen-bond acceptors (Lipinski definition) is 9. The fraction of sp³-hybridized carbons (Fsp3) is 0.212. The van der Waals surface area contributed by atoms with Gasteiger partial charge in [-0.05, 0) is 74.4 Å². The number of aromatic nitrogens is 1. The van der Waals surface area contributed by atoms with Crippen molar-refractivity contribution in [2.75, 3.05) is 13.2 Å². The van der Waals surface area contributed by atoms with Crippen LogP contribution in [0.15, 0.2) is 93.9 Å². The van der Waals surface area contributed by atoms with Crippen molar-refractivity contribution in [1.82, 2.24) is 4.57 Å². The number of carbonyl (C=O) groups is 2. The largest absolute Gasteiger partial charge is 0.490 e. The molecule has 0 N–H and O–H groups in total. The van der Waals surface area contributed by atoms with E-state index >= 15 is 0 Å². The lowest BCUT2D eigenvalue weighted by Gasteiger charge is -2.25. The zero-order valence-corrected chi connectivity index (χ0v) is 25.0. The van der Waals surface area contributed by atoms with Crippen molar-refractivity contribution in [3.8, 4) is 23.0 Å². The summed E-state index contributed by atoms with van der Waals surface area (Å²) in [5.41, 5.74) is 1.70. The van der Waals surface area contributed by atoms with E-state index in [-0.39, 0.29) is 23.5 Å². The van der Waals surface area contributed by atoms with Gasteiger partial charge in [0.05, 0.1) is 35.1 Å². The number of thiazole rings is 1. The average Bonchev–Trinajstić information content (AvgIpc) is 3.27. The van der Waals surface area contributed by atoms with Gasteiger partial charge in [0.1, 0.15) is 11.5 Å². The number of esters is 2. The molecule has 0 aliphatic carbocycles. The van der Waals surface area contributed by atoms with Crippen LogP contribution in [-0.2, 0) is 14.3 Å². The first-order valence-electron chi connectivity index (χ1n) is 13.8. The van der Waals surface area contributed by atoms with Crippen molar-refractivity contribution in [3.63, 3.8) is 0 Å². The molecule has 4 aromatic rings. The van der Waals surface area contributed by atoms with Gasteiger partial charge < -0.3 is 18.9 Å². The van der Waals surface area contributed by atoms with E-state index in [4.69, 9.17) is 18.9 Å². The predicted molar refractivity (Wildman–Crippen MR) is 162 cm³/mol. The molecule has 0 amide bonds. The van der Waals surface area contributed by atoms with Crippen LogP contribution in [0.3, 0.4) is 0 Å². The predicted octanol–water partition coefficient (Wildman–Crippen LogP) is 4.91. The number of hydrogen-bond donors (Lipinski definition) is 0. The summed E-state index contributed by atoms with van der Waals surface area (Å²) in [7, 11) is 0. The number of ether oxygens (including phenoxy) is 4. The van der Waals surface area contributed by atoms with Crippen LogP contribution in [0, 0.1) is 0 Å². The minimum absolute atomic E-state index is 0.156. The molecule has 0 saturated carbocycles. The third kappa shape index (κ3) is 6.44. The molecule has 0 fully saturated rings. The fourth-order valence-electron chi connectivity index (χ4n) is 4.75. The number of allylic oxidation sites excluding steroid dienone is 1. The molecule has 3 aromatic carbocycles. The van der Waals surface area contributed by atoms with Crippen LogP contribution < -0.4 is 29.1 Å². The molecule has 43 heavy (non-hydrogen) atoms. The van der Waals surface area contributed by atoms with E-state index in [9.17, 15) is 14.4 Å². The van der Waals surface area contributed by atoms with Gasteiger partial charge in [-0.15, -0.1) is 0 Å². The first-order chi connectivity index (χ1) is 20.8. The normalized spacial score (nSPS) is 14.5. The zero-order chi connectivity index (χ0) is 30.5. The summed E-state index contributed by atoms with van der Waals surface area (Å²) >= 11 is 1.22. The lowest BCUT2D eigenvalue weighted by atomic mass is 9.95. The maximum Gasteiger partial charge on any atom is 0.338 e.